The summed E-state index contributed by atoms with van der Waals surface area (Å²) >= 11 is 0. The first-order valence-electron chi connectivity index (χ1n) is 5.87. The quantitative estimate of drug-likeness (QED) is 0.744. The van der Waals surface area contributed by atoms with Crippen LogP contribution in [0.15, 0.2) is 43.0 Å². The van der Waals surface area contributed by atoms with Gasteiger partial charge < -0.3 is 10.1 Å². The summed E-state index contributed by atoms with van der Waals surface area (Å²) in [4.78, 5) is 8.42. The first-order valence-corrected chi connectivity index (χ1v) is 5.87. The van der Waals surface area contributed by atoms with E-state index in [-0.39, 0.29) is 0 Å². The van der Waals surface area contributed by atoms with Gasteiger partial charge in [0, 0.05) is 36.9 Å². The number of aromatic nitrogens is 3. The van der Waals surface area contributed by atoms with Gasteiger partial charge in [0.2, 0.25) is 0 Å². The summed E-state index contributed by atoms with van der Waals surface area (Å²) in [5.74, 6) is 0. The van der Waals surface area contributed by atoms with Gasteiger partial charge in [-0.15, -0.1) is 0 Å². The minimum Gasteiger partial charge on any atom is -0.326 e. The number of aryl methyl sites for hydroxylation is 1. The van der Waals surface area contributed by atoms with Crippen molar-refractivity contribution in [2.75, 3.05) is 0 Å². The molecule has 2 N–H and O–H groups in total. The molecule has 0 fully saturated rings. The van der Waals surface area contributed by atoms with Gasteiger partial charge in [-0.1, -0.05) is 0 Å². The molecule has 0 unspecified atom stereocenters. The highest BCUT2D eigenvalue weighted by atomic mass is 14.9. The summed E-state index contributed by atoms with van der Waals surface area (Å²) in [5.41, 5.74) is 11.2. The van der Waals surface area contributed by atoms with Gasteiger partial charge in [-0.05, 0) is 30.7 Å². The molecule has 0 saturated heterocycles. The minimum absolute atomic E-state index is 0.487. The Morgan fingerprint density at radius 1 is 1.22 bits per heavy atom. The summed E-state index contributed by atoms with van der Waals surface area (Å²) in [6, 6.07) is 6.18. The monoisotopic (exact) mass is 238 g/mol. The Kier molecular flexibility index (Phi) is 2.57. The lowest BCUT2D eigenvalue weighted by atomic mass is 10.1. The first-order chi connectivity index (χ1) is 8.81. The van der Waals surface area contributed by atoms with Crippen LogP contribution < -0.4 is 5.73 Å². The zero-order valence-corrected chi connectivity index (χ0v) is 10.2. The molecule has 0 bridgehead atoms. The van der Waals surface area contributed by atoms with Crippen LogP contribution in [0.5, 0.6) is 0 Å². The van der Waals surface area contributed by atoms with Crippen molar-refractivity contribution in [3.63, 3.8) is 0 Å². The van der Waals surface area contributed by atoms with E-state index in [0.29, 0.717) is 6.54 Å². The smallest absolute Gasteiger partial charge is 0.0669 e. The van der Waals surface area contributed by atoms with Crippen molar-refractivity contribution in [2.24, 2.45) is 5.73 Å². The number of nitrogens with zero attached hydrogens (tertiary/aromatic N) is 3. The molecule has 90 valence electrons. The van der Waals surface area contributed by atoms with E-state index < -0.39 is 0 Å². The maximum absolute atomic E-state index is 5.77. The molecule has 0 amide bonds. The Hall–Kier alpha value is -2.20. The number of pyridine rings is 1. The first kappa shape index (κ1) is 10.9. The molecular weight excluding hydrogens is 224 g/mol. The fourth-order valence-electron chi connectivity index (χ4n) is 2.24. The molecule has 0 aliphatic heterocycles. The van der Waals surface area contributed by atoms with Crippen molar-refractivity contribution in [2.45, 2.75) is 13.5 Å². The van der Waals surface area contributed by atoms with Crippen LogP contribution in [0.4, 0.5) is 0 Å². The third-order valence-corrected chi connectivity index (χ3v) is 3.17. The van der Waals surface area contributed by atoms with E-state index in [1.54, 1.807) is 6.20 Å². The molecule has 18 heavy (non-hydrogen) atoms. The van der Waals surface area contributed by atoms with Crippen LogP contribution in [-0.4, -0.2) is 14.4 Å². The molecule has 0 spiro atoms. The molecular formula is C14H14N4. The van der Waals surface area contributed by atoms with Crippen LogP contribution in [-0.2, 0) is 6.54 Å². The predicted molar refractivity (Wildman–Crippen MR) is 71.1 cm³/mol. The number of nitrogens with two attached hydrogens (primary N) is 1. The highest BCUT2D eigenvalue weighted by molar-refractivity contribution is 5.70. The molecule has 3 rings (SSSR count). The Morgan fingerprint density at radius 3 is 2.94 bits per heavy atom. The van der Waals surface area contributed by atoms with Crippen LogP contribution >= 0.6 is 0 Å². The third kappa shape index (κ3) is 1.58. The summed E-state index contributed by atoms with van der Waals surface area (Å²) in [5, 5.41) is 0. The van der Waals surface area contributed by atoms with Gasteiger partial charge in [-0.3, -0.25) is 9.97 Å². The average Bonchev–Trinajstić information content (AvgIpc) is 2.84. The average molecular weight is 238 g/mol. The molecule has 3 aromatic heterocycles. The molecule has 0 saturated carbocycles. The zero-order valence-electron chi connectivity index (χ0n) is 10.2. The molecule has 0 radical (unpaired) electrons. The Balaban J connectivity index is 2.29. The van der Waals surface area contributed by atoms with Gasteiger partial charge in [0.1, 0.15) is 0 Å². The Labute approximate surface area is 105 Å². The maximum atomic E-state index is 5.77. The van der Waals surface area contributed by atoms with E-state index >= 15 is 0 Å². The maximum Gasteiger partial charge on any atom is 0.0669 e. The van der Waals surface area contributed by atoms with E-state index in [2.05, 4.69) is 26.5 Å². The normalized spacial score (nSPS) is 11.0. The standard InChI is InChI=1S/C14H14N4/c1-10-13-2-3-14(18(13)7-6-17-10)12-4-5-16-9-11(12)8-15/h2-7,9H,8,15H2,1H3. The summed E-state index contributed by atoms with van der Waals surface area (Å²) in [6.07, 6.45) is 7.40. The van der Waals surface area contributed by atoms with E-state index in [0.717, 1.165) is 28.0 Å². The highest BCUT2D eigenvalue weighted by Crippen LogP contribution is 2.25. The van der Waals surface area contributed by atoms with Crippen LogP contribution in [0, 0.1) is 6.92 Å². The Morgan fingerprint density at radius 2 is 2.11 bits per heavy atom. The van der Waals surface area contributed by atoms with Gasteiger partial charge >= 0.3 is 0 Å². The second kappa shape index (κ2) is 4.23. The Bertz CT molecular complexity index is 700. The zero-order chi connectivity index (χ0) is 12.5. The van der Waals surface area contributed by atoms with Gasteiger partial charge in [0.15, 0.2) is 0 Å². The second-order valence-corrected chi connectivity index (χ2v) is 4.22. The molecule has 0 atom stereocenters. The number of rotatable bonds is 2. The van der Waals surface area contributed by atoms with Crippen LogP contribution in [0.2, 0.25) is 0 Å². The SMILES string of the molecule is Cc1nccn2c(-c3ccncc3CN)ccc12. The van der Waals surface area contributed by atoms with Crippen LogP contribution in [0.1, 0.15) is 11.3 Å². The van der Waals surface area contributed by atoms with Crippen molar-refractivity contribution >= 4 is 5.52 Å². The van der Waals surface area contributed by atoms with E-state index in [9.17, 15) is 0 Å². The third-order valence-electron chi connectivity index (χ3n) is 3.17. The fourth-order valence-corrected chi connectivity index (χ4v) is 2.24. The minimum atomic E-state index is 0.487. The topological polar surface area (TPSA) is 56.2 Å². The summed E-state index contributed by atoms with van der Waals surface area (Å²) in [7, 11) is 0. The highest BCUT2D eigenvalue weighted by Gasteiger charge is 2.09. The van der Waals surface area contributed by atoms with Crippen LogP contribution in [0.3, 0.4) is 0 Å². The molecule has 4 heteroatoms. The number of hydrogen-bond acceptors (Lipinski definition) is 3. The molecule has 3 heterocycles. The summed E-state index contributed by atoms with van der Waals surface area (Å²) < 4.78 is 2.14. The number of fused-ring (bicyclic) bond motifs is 1. The van der Waals surface area contributed by atoms with E-state index in [1.165, 1.54) is 0 Å². The lowest BCUT2D eigenvalue weighted by molar-refractivity contribution is 1.04. The van der Waals surface area contributed by atoms with Crippen molar-refractivity contribution in [3.8, 4) is 11.3 Å². The van der Waals surface area contributed by atoms with Gasteiger partial charge in [-0.2, -0.15) is 0 Å². The lowest BCUT2D eigenvalue weighted by Gasteiger charge is -2.08. The van der Waals surface area contributed by atoms with Crippen molar-refractivity contribution < 1.29 is 0 Å². The molecule has 4 nitrogen and oxygen atoms in total. The van der Waals surface area contributed by atoms with E-state index in [1.807, 2.05) is 31.6 Å². The van der Waals surface area contributed by atoms with Gasteiger partial charge in [-0.25, -0.2) is 0 Å². The van der Waals surface area contributed by atoms with E-state index in [4.69, 9.17) is 5.73 Å². The second-order valence-electron chi connectivity index (χ2n) is 4.22. The molecule has 0 aromatic carbocycles. The van der Waals surface area contributed by atoms with Crippen molar-refractivity contribution in [3.05, 3.63) is 54.2 Å². The van der Waals surface area contributed by atoms with Crippen molar-refractivity contribution in [1.29, 1.82) is 0 Å². The largest absolute Gasteiger partial charge is 0.326 e. The van der Waals surface area contributed by atoms with Crippen molar-refractivity contribution in [1.82, 2.24) is 14.4 Å². The van der Waals surface area contributed by atoms with Crippen LogP contribution in [0.25, 0.3) is 16.8 Å². The summed E-state index contributed by atoms with van der Waals surface area (Å²) in [6.45, 7) is 2.50. The fraction of sp³-hybridized carbons (Fsp3) is 0.143. The molecule has 0 aliphatic rings. The molecule has 0 aliphatic carbocycles. The lowest BCUT2D eigenvalue weighted by Crippen LogP contribution is -2.01. The van der Waals surface area contributed by atoms with Gasteiger partial charge in [0.05, 0.1) is 16.9 Å². The van der Waals surface area contributed by atoms with Gasteiger partial charge in [0.25, 0.3) is 0 Å². The predicted octanol–water partition coefficient (Wildman–Crippen LogP) is 2.16. The number of hydrogen-bond donors (Lipinski definition) is 1. The molecule has 3 aromatic rings.